The van der Waals surface area contributed by atoms with Crippen LogP contribution in [-0.2, 0) is 20.7 Å². The van der Waals surface area contributed by atoms with Gasteiger partial charge in [-0.2, -0.15) is 5.26 Å². The summed E-state index contributed by atoms with van der Waals surface area (Å²) in [5.41, 5.74) is 1.57. The van der Waals surface area contributed by atoms with Crippen molar-refractivity contribution in [3.63, 3.8) is 0 Å². The maximum atomic E-state index is 14.0. The number of aryl methyl sites for hydroxylation is 1. The first-order chi connectivity index (χ1) is 20.4. The number of carbonyl (C=O) groups is 3. The largest absolute Gasteiger partial charge is 0.480 e. The summed E-state index contributed by atoms with van der Waals surface area (Å²) in [6, 6.07) is 5.11. The minimum atomic E-state index is -1.15. The highest BCUT2D eigenvalue weighted by Gasteiger charge is 2.46. The minimum absolute atomic E-state index is 0.0126. The second-order valence-electron chi connectivity index (χ2n) is 13.4. The first kappa shape index (κ1) is 30.5. The van der Waals surface area contributed by atoms with Gasteiger partial charge in [-0.15, -0.1) is 0 Å². The van der Waals surface area contributed by atoms with Crippen molar-refractivity contribution >= 4 is 29.0 Å². The summed E-state index contributed by atoms with van der Waals surface area (Å²) in [7, 11) is 0. The summed E-state index contributed by atoms with van der Waals surface area (Å²) < 4.78 is 12.2. The van der Waals surface area contributed by atoms with Crippen LogP contribution in [0.5, 0.6) is 5.88 Å². The Morgan fingerprint density at radius 3 is 2.60 bits per heavy atom. The van der Waals surface area contributed by atoms with E-state index in [-0.39, 0.29) is 25.0 Å². The summed E-state index contributed by atoms with van der Waals surface area (Å²) in [6.45, 7) is 7.66. The molecule has 0 unspecified atom stereocenters. The van der Waals surface area contributed by atoms with E-state index in [4.69, 9.17) is 19.4 Å². The molecular weight excluding hydrogens is 550 g/mol. The number of rotatable bonds is 1. The molecule has 2 N–H and O–H groups in total. The van der Waals surface area contributed by atoms with Crippen LogP contribution in [0.15, 0.2) is 18.2 Å². The Bertz CT molecular complexity index is 1430. The van der Waals surface area contributed by atoms with Gasteiger partial charge >= 0.3 is 12.1 Å². The average molecular weight is 592 g/mol. The summed E-state index contributed by atoms with van der Waals surface area (Å²) >= 11 is 0. The minimum Gasteiger partial charge on any atom is -0.480 e. The second-order valence-corrected chi connectivity index (χ2v) is 13.4. The molecule has 1 saturated carbocycles. The molecule has 2 aromatic rings. The molecule has 2 bridgehead atoms. The number of carboxylic acids is 1. The topological polar surface area (TPSA) is 155 Å². The molecule has 11 heteroatoms. The number of benzene rings is 1. The highest BCUT2D eigenvalue weighted by atomic mass is 16.6. The molecule has 0 radical (unpaired) electrons. The number of hydrogen-bond donors (Lipinski definition) is 2. The number of amides is 2. The fourth-order valence-corrected chi connectivity index (χ4v) is 6.70. The van der Waals surface area contributed by atoms with E-state index < -0.39 is 41.6 Å². The smallest absolute Gasteiger partial charge is 0.408 e. The van der Waals surface area contributed by atoms with Crippen molar-refractivity contribution in [3.05, 3.63) is 29.5 Å². The van der Waals surface area contributed by atoms with Gasteiger partial charge in [0.1, 0.15) is 30.0 Å². The summed E-state index contributed by atoms with van der Waals surface area (Å²) in [5.74, 6) is -0.668. The summed E-state index contributed by atoms with van der Waals surface area (Å²) in [4.78, 5) is 50.3. The number of nitrogens with zero attached hydrogens (tertiary/aromatic N) is 4. The highest BCUT2D eigenvalue weighted by molar-refractivity contribution is 5.90. The monoisotopic (exact) mass is 591 g/mol. The van der Waals surface area contributed by atoms with Gasteiger partial charge in [0, 0.05) is 6.42 Å². The number of nitrogens with one attached hydrogen (secondary N) is 1. The van der Waals surface area contributed by atoms with Crippen LogP contribution < -0.4 is 10.1 Å². The predicted octanol–water partition coefficient (Wildman–Crippen LogP) is 4.61. The lowest BCUT2D eigenvalue weighted by atomic mass is 9.85. The van der Waals surface area contributed by atoms with E-state index in [9.17, 15) is 24.8 Å². The van der Waals surface area contributed by atoms with E-state index in [1.807, 2.05) is 20.8 Å². The molecule has 2 aliphatic heterocycles. The van der Waals surface area contributed by atoms with Crippen molar-refractivity contribution in [2.75, 3.05) is 6.54 Å². The van der Waals surface area contributed by atoms with E-state index in [1.165, 1.54) is 4.90 Å². The second kappa shape index (κ2) is 12.3. The third-order valence-electron chi connectivity index (χ3n) is 8.93. The molecule has 0 spiro atoms. The van der Waals surface area contributed by atoms with Gasteiger partial charge in [-0.3, -0.25) is 4.79 Å². The number of fused-ring (bicyclic) bond motifs is 5. The molecule has 3 aliphatic rings. The number of aliphatic carboxylic acids is 1. The number of carboxylic acid groups (broad SMARTS) is 1. The number of nitriles is 1. The quantitative estimate of drug-likeness (QED) is 0.484. The fraction of sp³-hybridized carbons (Fsp3) is 0.625. The summed E-state index contributed by atoms with van der Waals surface area (Å²) in [5, 5.41) is 22.3. The van der Waals surface area contributed by atoms with Crippen LogP contribution >= 0.6 is 0 Å². The maximum absolute atomic E-state index is 14.0. The van der Waals surface area contributed by atoms with Crippen molar-refractivity contribution in [3.8, 4) is 11.9 Å². The third-order valence-corrected chi connectivity index (χ3v) is 8.93. The molecule has 6 atom stereocenters. The number of aromatic nitrogens is 2. The highest BCUT2D eigenvalue weighted by Crippen LogP contribution is 2.37. The predicted molar refractivity (Wildman–Crippen MR) is 157 cm³/mol. The molecule has 11 nitrogen and oxygen atoms in total. The third kappa shape index (κ3) is 6.84. The molecule has 1 aromatic heterocycles. The average Bonchev–Trinajstić information content (AvgIpc) is 3.52. The SMILES string of the molecule is C[C@@H]1C[C@H]2CCCCCc3nc4ccc(C#N)cc4nc3O[C@@H]3C[C@@H](C(=O)O)N(C3)C(=O)[C@H](C(C)(C)C)NC(=O)O[C@@H]2C1. The van der Waals surface area contributed by atoms with E-state index >= 15 is 0 Å². The molecular formula is C32H41N5O6. The zero-order valence-electron chi connectivity index (χ0n) is 25.3. The molecule has 2 amide bonds. The first-order valence-corrected chi connectivity index (χ1v) is 15.3. The standard InChI is InChI=1S/C32H41N5O6/c1-18-12-20-8-6-5-7-9-23-28(35-24-14-19(16-33)10-11-22(24)34-23)42-21-15-25(30(39)40)37(17-21)29(38)27(32(2,3)4)36-31(41)43-26(20)13-18/h10-11,14,18,20-21,25-27H,5-9,12-13,15,17H2,1-4H3,(H,36,41)(H,39,40)/t18-,20-,21-,25+,26-,27-/m1/s1. The number of alkyl carbamates (subject to hydrolysis) is 1. The fourth-order valence-electron chi connectivity index (χ4n) is 6.70. The molecule has 3 heterocycles. The van der Waals surface area contributed by atoms with Crippen LogP contribution in [0, 0.1) is 28.6 Å². The zero-order chi connectivity index (χ0) is 30.9. The van der Waals surface area contributed by atoms with Gasteiger partial charge in [0.2, 0.25) is 11.8 Å². The molecule has 230 valence electrons. The Kier molecular flexibility index (Phi) is 8.76. The van der Waals surface area contributed by atoms with Crippen LogP contribution in [0.3, 0.4) is 0 Å². The van der Waals surface area contributed by atoms with Crippen molar-refractivity contribution in [2.24, 2.45) is 17.3 Å². The van der Waals surface area contributed by atoms with Gasteiger partial charge in [0.25, 0.3) is 0 Å². The molecule has 2 fully saturated rings. The van der Waals surface area contributed by atoms with Gasteiger partial charge in [-0.1, -0.05) is 40.5 Å². The lowest BCUT2D eigenvalue weighted by Crippen LogP contribution is -2.57. The van der Waals surface area contributed by atoms with E-state index in [0.717, 1.165) is 38.5 Å². The molecule has 43 heavy (non-hydrogen) atoms. The Balaban J connectivity index is 1.50. The van der Waals surface area contributed by atoms with Crippen LogP contribution in [0.4, 0.5) is 4.79 Å². The Labute approximate surface area is 252 Å². The van der Waals surface area contributed by atoms with Gasteiger partial charge in [0.05, 0.1) is 29.2 Å². The Morgan fingerprint density at radius 1 is 1.09 bits per heavy atom. The van der Waals surface area contributed by atoms with E-state index in [2.05, 4.69) is 18.3 Å². The van der Waals surface area contributed by atoms with E-state index in [0.29, 0.717) is 40.5 Å². The van der Waals surface area contributed by atoms with Gasteiger partial charge in [-0.25, -0.2) is 19.6 Å². The Morgan fingerprint density at radius 2 is 1.88 bits per heavy atom. The molecule has 1 aromatic carbocycles. The lowest BCUT2D eigenvalue weighted by molar-refractivity contribution is -0.150. The molecule has 1 aliphatic carbocycles. The molecule has 5 rings (SSSR count). The number of hydrogen-bond acceptors (Lipinski definition) is 8. The van der Waals surface area contributed by atoms with Gasteiger partial charge in [-0.05, 0) is 67.6 Å². The summed E-state index contributed by atoms with van der Waals surface area (Å²) in [6.07, 6.45) is 4.62. The van der Waals surface area contributed by atoms with Crippen LogP contribution in [0.25, 0.3) is 11.0 Å². The van der Waals surface area contributed by atoms with Crippen molar-refractivity contribution < 1.29 is 29.0 Å². The number of carbonyl (C=O) groups excluding carboxylic acids is 2. The van der Waals surface area contributed by atoms with Crippen LogP contribution in [-0.4, -0.2) is 68.8 Å². The van der Waals surface area contributed by atoms with Gasteiger partial charge in [0.15, 0.2) is 0 Å². The maximum Gasteiger partial charge on any atom is 0.408 e. The zero-order valence-corrected chi connectivity index (χ0v) is 25.3. The van der Waals surface area contributed by atoms with Crippen molar-refractivity contribution in [2.45, 2.75) is 103 Å². The normalized spacial score (nSPS) is 28.9. The molecule has 1 saturated heterocycles. The number of ether oxygens (including phenoxy) is 2. The van der Waals surface area contributed by atoms with Crippen molar-refractivity contribution in [1.82, 2.24) is 20.2 Å². The van der Waals surface area contributed by atoms with Gasteiger partial charge < -0.3 is 24.8 Å². The van der Waals surface area contributed by atoms with Crippen molar-refractivity contribution in [1.29, 1.82) is 5.26 Å². The Hall–Kier alpha value is -3.94. The first-order valence-electron chi connectivity index (χ1n) is 15.3. The van der Waals surface area contributed by atoms with E-state index in [1.54, 1.807) is 18.2 Å². The lowest BCUT2D eigenvalue weighted by Gasteiger charge is -2.35. The van der Waals surface area contributed by atoms with Crippen LogP contribution in [0.2, 0.25) is 0 Å². The van der Waals surface area contributed by atoms with Crippen LogP contribution in [0.1, 0.15) is 83.9 Å².